The van der Waals surface area contributed by atoms with Crippen LogP contribution < -0.4 is 10.6 Å². The molecular formula is C21H21FN4O2S2. The highest BCUT2D eigenvalue weighted by Crippen LogP contribution is 2.18. The maximum Gasteiger partial charge on any atom is 0.286 e. The third-order valence-electron chi connectivity index (χ3n) is 4.03. The van der Waals surface area contributed by atoms with Crippen LogP contribution in [0.1, 0.15) is 26.8 Å². The predicted molar refractivity (Wildman–Crippen MR) is 118 cm³/mol. The fourth-order valence-electron chi connectivity index (χ4n) is 2.57. The molecule has 0 unspecified atom stereocenters. The van der Waals surface area contributed by atoms with Crippen LogP contribution >= 0.6 is 23.1 Å². The molecule has 30 heavy (non-hydrogen) atoms. The first-order chi connectivity index (χ1) is 14.6. The number of aromatic nitrogens is 2. The number of halogens is 1. The van der Waals surface area contributed by atoms with E-state index >= 15 is 0 Å². The molecule has 1 heterocycles. The summed E-state index contributed by atoms with van der Waals surface area (Å²) in [4.78, 5) is 24.1. The molecule has 0 spiro atoms. The molecule has 2 amide bonds. The molecule has 6 nitrogen and oxygen atoms in total. The van der Waals surface area contributed by atoms with E-state index in [9.17, 15) is 14.0 Å². The standard InChI is InChI=1S/C21H21FN4O2S2/c22-16-8-10-17(11-9-16)24-20(28)21-26-25-19(30-21)14-29-13-18(27)23-12-4-7-15-5-2-1-3-6-15/h1-3,5-6,8-11H,4,7,12-14H2,(H,23,27)(H,24,28). The van der Waals surface area contributed by atoms with E-state index in [0.29, 0.717) is 28.7 Å². The summed E-state index contributed by atoms with van der Waals surface area (Å²) < 4.78 is 12.9. The zero-order valence-corrected chi connectivity index (χ0v) is 17.8. The van der Waals surface area contributed by atoms with Crippen molar-refractivity contribution in [2.75, 3.05) is 17.6 Å². The highest BCUT2D eigenvalue weighted by molar-refractivity contribution is 7.99. The molecule has 2 N–H and O–H groups in total. The lowest BCUT2D eigenvalue weighted by Crippen LogP contribution is -2.26. The van der Waals surface area contributed by atoms with Gasteiger partial charge in [0, 0.05) is 18.0 Å². The first-order valence-electron chi connectivity index (χ1n) is 9.38. The molecule has 2 aromatic carbocycles. The van der Waals surface area contributed by atoms with Gasteiger partial charge in [-0.25, -0.2) is 4.39 Å². The summed E-state index contributed by atoms with van der Waals surface area (Å²) in [6.45, 7) is 0.640. The zero-order valence-electron chi connectivity index (χ0n) is 16.1. The van der Waals surface area contributed by atoms with E-state index in [1.807, 2.05) is 18.2 Å². The fourth-order valence-corrected chi connectivity index (χ4v) is 4.21. The Kier molecular flexibility index (Phi) is 8.34. The van der Waals surface area contributed by atoms with E-state index in [2.05, 4.69) is 33.0 Å². The average Bonchev–Trinajstić information content (AvgIpc) is 3.23. The maximum absolute atomic E-state index is 12.9. The molecule has 0 aliphatic carbocycles. The number of carbonyl (C=O) groups is 2. The molecule has 0 saturated carbocycles. The lowest BCUT2D eigenvalue weighted by atomic mass is 10.1. The Balaban J connectivity index is 1.33. The Morgan fingerprint density at radius 3 is 2.57 bits per heavy atom. The Morgan fingerprint density at radius 1 is 1.03 bits per heavy atom. The van der Waals surface area contributed by atoms with Crippen LogP contribution in [0.15, 0.2) is 54.6 Å². The highest BCUT2D eigenvalue weighted by atomic mass is 32.2. The predicted octanol–water partition coefficient (Wildman–Crippen LogP) is 3.91. The van der Waals surface area contributed by atoms with Crippen LogP contribution in [0.5, 0.6) is 0 Å². The monoisotopic (exact) mass is 444 g/mol. The second-order valence-corrected chi connectivity index (χ2v) is 8.44. The van der Waals surface area contributed by atoms with Gasteiger partial charge in [-0.05, 0) is 42.7 Å². The van der Waals surface area contributed by atoms with Gasteiger partial charge in [0.1, 0.15) is 10.8 Å². The van der Waals surface area contributed by atoms with Gasteiger partial charge >= 0.3 is 0 Å². The highest BCUT2D eigenvalue weighted by Gasteiger charge is 2.13. The van der Waals surface area contributed by atoms with Crippen molar-refractivity contribution in [1.82, 2.24) is 15.5 Å². The Hall–Kier alpha value is -2.78. The first-order valence-corrected chi connectivity index (χ1v) is 11.3. The van der Waals surface area contributed by atoms with Crippen molar-refractivity contribution < 1.29 is 14.0 Å². The second-order valence-electron chi connectivity index (χ2n) is 6.39. The lowest BCUT2D eigenvalue weighted by molar-refractivity contribution is -0.118. The molecule has 0 radical (unpaired) electrons. The number of thioether (sulfide) groups is 1. The molecule has 0 aliphatic rings. The van der Waals surface area contributed by atoms with Gasteiger partial charge < -0.3 is 10.6 Å². The van der Waals surface area contributed by atoms with Gasteiger partial charge in [0.25, 0.3) is 5.91 Å². The second kappa shape index (κ2) is 11.4. The van der Waals surface area contributed by atoms with Crippen LogP contribution in [0, 0.1) is 5.82 Å². The van der Waals surface area contributed by atoms with Gasteiger partial charge in [-0.2, -0.15) is 0 Å². The van der Waals surface area contributed by atoms with Crippen LogP contribution in [0.25, 0.3) is 0 Å². The minimum atomic E-state index is -0.397. The third-order valence-corrected chi connectivity index (χ3v) is 6.08. The molecular weight excluding hydrogens is 423 g/mol. The minimum absolute atomic E-state index is 0.0214. The summed E-state index contributed by atoms with van der Waals surface area (Å²) in [6, 6.07) is 15.6. The van der Waals surface area contributed by atoms with Crippen LogP contribution in [0.4, 0.5) is 10.1 Å². The van der Waals surface area contributed by atoms with E-state index in [0.717, 1.165) is 12.8 Å². The van der Waals surface area contributed by atoms with Gasteiger partial charge in [0.15, 0.2) is 0 Å². The zero-order chi connectivity index (χ0) is 21.2. The van der Waals surface area contributed by atoms with Crippen molar-refractivity contribution in [1.29, 1.82) is 0 Å². The number of hydrogen-bond donors (Lipinski definition) is 2. The molecule has 0 fully saturated rings. The van der Waals surface area contributed by atoms with Gasteiger partial charge in [-0.3, -0.25) is 9.59 Å². The molecule has 0 saturated heterocycles. The lowest BCUT2D eigenvalue weighted by Gasteiger charge is -2.05. The summed E-state index contributed by atoms with van der Waals surface area (Å²) in [5.41, 5.74) is 1.74. The summed E-state index contributed by atoms with van der Waals surface area (Å²) in [6.07, 6.45) is 1.82. The summed E-state index contributed by atoms with van der Waals surface area (Å²) in [5.74, 6) is 0.0304. The van der Waals surface area contributed by atoms with Crippen LogP contribution in [0.3, 0.4) is 0 Å². The number of hydrogen-bond acceptors (Lipinski definition) is 6. The van der Waals surface area contributed by atoms with Crippen LogP contribution in [-0.2, 0) is 17.0 Å². The van der Waals surface area contributed by atoms with Gasteiger partial charge in [0.05, 0.1) is 5.75 Å². The van der Waals surface area contributed by atoms with Crippen molar-refractivity contribution in [2.45, 2.75) is 18.6 Å². The van der Waals surface area contributed by atoms with E-state index in [4.69, 9.17) is 0 Å². The molecule has 3 aromatic rings. The van der Waals surface area contributed by atoms with Crippen LogP contribution in [-0.4, -0.2) is 34.3 Å². The van der Waals surface area contributed by atoms with Crippen molar-refractivity contribution in [2.24, 2.45) is 0 Å². The number of nitrogens with zero attached hydrogens (tertiary/aromatic N) is 2. The van der Waals surface area contributed by atoms with E-state index in [-0.39, 0.29) is 16.7 Å². The van der Waals surface area contributed by atoms with Crippen LogP contribution in [0.2, 0.25) is 0 Å². The number of aryl methyl sites for hydroxylation is 1. The fraction of sp³-hybridized carbons (Fsp3) is 0.238. The average molecular weight is 445 g/mol. The molecule has 0 bridgehead atoms. The number of amides is 2. The topological polar surface area (TPSA) is 84.0 Å². The quantitative estimate of drug-likeness (QED) is 0.463. The number of benzene rings is 2. The van der Waals surface area contributed by atoms with E-state index in [1.54, 1.807) is 0 Å². The minimum Gasteiger partial charge on any atom is -0.355 e. The molecule has 9 heteroatoms. The molecule has 1 aromatic heterocycles. The number of rotatable bonds is 10. The van der Waals surface area contributed by atoms with Crippen molar-refractivity contribution in [3.05, 3.63) is 76.0 Å². The largest absolute Gasteiger partial charge is 0.355 e. The molecule has 0 aliphatic heterocycles. The van der Waals surface area contributed by atoms with E-state index < -0.39 is 5.91 Å². The normalized spacial score (nSPS) is 10.6. The number of carbonyl (C=O) groups excluding carboxylic acids is 2. The summed E-state index contributed by atoms with van der Waals surface area (Å²) in [5, 5.41) is 14.3. The van der Waals surface area contributed by atoms with Crippen molar-refractivity contribution in [3.63, 3.8) is 0 Å². The maximum atomic E-state index is 12.9. The molecule has 0 atom stereocenters. The van der Waals surface area contributed by atoms with Crippen molar-refractivity contribution >= 4 is 40.6 Å². The third kappa shape index (κ3) is 7.23. The smallest absolute Gasteiger partial charge is 0.286 e. The van der Waals surface area contributed by atoms with Gasteiger partial charge in [-0.1, -0.05) is 41.7 Å². The number of nitrogens with one attached hydrogen (secondary N) is 2. The Labute approximate surface area is 182 Å². The van der Waals surface area contributed by atoms with E-state index in [1.165, 1.54) is 52.9 Å². The molecule has 3 rings (SSSR count). The van der Waals surface area contributed by atoms with Gasteiger partial charge in [0.2, 0.25) is 10.9 Å². The summed E-state index contributed by atoms with van der Waals surface area (Å²) >= 11 is 2.60. The molecule has 156 valence electrons. The van der Waals surface area contributed by atoms with Gasteiger partial charge in [-0.15, -0.1) is 22.0 Å². The van der Waals surface area contributed by atoms with Crippen molar-refractivity contribution in [3.8, 4) is 0 Å². The summed E-state index contributed by atoms with van der Waals surface area (Å²) in [7, 11) is 0. The first kappa shape index (κ1) is 21.9. The number of anilines is 1. The Bertz CT molecular complexity index is 965. The SMILES string of the molecule is O=C(CSCc1nnc(C(=O)Nc2ccc(F)cc2)s1)NCCCc1ccccc1. The Morgan fingerprint density at radius 2 is 1.80 bits per heavy atom.